The van der Waals surface area contributed by atoms with Crippen LogP contribution in [-0.2, 0) is 0 Å². The van der Waals surface area contributed by atoms with Gasteiger partial charge in [0.1, 0.15) is 0 Å². The van der Waals surface area contributed by atoms with Gasteiger partial charge >= 0.3 is 0 Å². The summed E-state index contributed by atoms with van der Waals surface area (Å²) in [6.07, 6.45) is 22.5. The van der Waals surface area contributed by atoms with Crippen LogP contribution in [0, 0.1) is 17.3 Å². The Morgan fingerprint density at radius 3 is 1.69 bits per heavy atom. The molecule has 4 rings (SSSR count). The molecule has 2 unspecified atom stereocenters. The van der Waals surface area contributed by atoms with Gasteiger partial charge in [0.05, 0.1) is 5.60 Å². The van der Waals surface area contributed by atoms with Gasteiger partial charge in [0.15, 0.2) is 0 Å². The molecule has 4 saturated carbocycles. The molecule has 4 aliphatic carbocycles. The van der Waals surface area contributed by atoms with E-state index in [1.807, 2.05) is 13.8 Å². The zero-order chi connectivity index (χ0) is 20.2. The van der Waals surface area contributed by atoms with Gasteiger partial charge in [-0.15, -0.1) is 0 Å². The molecule has 4 fully saturated rings. The normalized spacial score (nSPS) is 32.9. The van der Waals surface area contributed by atoms with Crippen LogP contribution >= 0.6 is 0 Å². The Labute approximate surface area is 181 Å². The van der Waals surface area contributed by atoms with Gasteiger partial charge in [-0.1, -0.05) is 58.3 Å². The topological polar surface area (TPSA) is 55.0 Å². The fraction of sp³-hybridized carbons (Fsp3) is 1.00. The standard InChI is InChI=1S/C13H25N.C13H24O.H2O/c1-14(12-8-4-2-5-9-12)13-10-6-3-7-11-13;1-4-5-6-13(12(2,3)14)8-10-7-11(10)9-13;/h12-13H,2-11H2,1H3;10-11,14H,4-9H2,1-3H3;1H2. The Kier molecular flexibility index (Phi) is 9.50. The predicted octanol–water partition coefficient (Wildman–Crippen LogP) is 6.12. The Morgan fingerprint density at radius 1 is 0.862 bits per heavy atom. The molecule has 0 spiro atoms. The van der Waals surface area contributed by atoms with Gasteiger partial charge in [-0.2, -0.15) is 0 Å². The second-order valence-electron chi connectivity index (χ2n) is 11.4. The van der Waals surface area contributed by atoms with Crippen molar-refractivity contribution < 1.29 is 10.6 Å². The van der Waals surface area contributed by atoms with Gasteiger partial charge < -0.3 is 15.5 Å². The summed E-state index contributed by atoms with van der Waals surface area (Å²) in [6, 6.07) is 1.85. The lowest BCUT2D eigenvalue weighted by atomic mass is 9.67. The van der Waals surface area contributed by atoms with E-state index in [0.29, 0.717) is 0 Å². The first-order valence-electron chi connectivity index (χ1n) is 12.8. The number of nitrogens with zero attached hydrogens (tertiary/aromatic N) is 1. The van der Waals surface area contributed by atoms with E-state index in [2.05, 4.69) is 18.9 Å². The van der Waals surface area contributed by atoms with Crippen molar-refractivity contribution in [2.24, 2.45) is 17.3 Å². The molecular weight excluding hydrogens is 358 g/mol. The zero-order valence-corrected chi connectivity index (χ0v) is 20.0. The van der Waals surface area contributed by atoms with Crippen LogP contribution in [0.4, 0.5) is 0 Å². The molecule has 0 radical (unpaired) electrons. The highest BCUT2D eigenvalue weighted by molar-refractivity contribution is 5.08. The van der Waals surface area contributed by atoms with Crippen molar-refractivity contribution in [3.8, 4) is 0 Å². The highest BCUT2D eigenvalue weighted by Crippen LogP contribution is 2.64. The first-order valence-corrected chi connectivity index (χ1v) is 12.8. The molecule has 0 heterocycles. The van der Waals surface area contributed by atoms with Gasteiger partial charge in [-0.3, -0.25) is 0 Å². The number of fused-ring (bicyclic) bond motifs is 1. The smallest absolute Gasteiger partial charge is 0.0647 e. The molecule has 0 bridgehead atoms. The van der Waals surface area contributed by atoms with E-state index < -0.39 is 5.60 Å². The molecule has 0 aromatic heterocycles. The van der Waals surface area contributed by atoms with E-state index in [4.69, 9.17) is 0 Å². The lowest BCUT2D eigenvalue weighted by molar-refractivity contribution is -0.0656. The predicted molar refractivity (Wildman–Crippen MR) is 124 cm³/mol. The molecule has 3 heteroatoms. The van der Waals surface area contributed by atoms with Gasteiger partial charge in [-0.05, 0) is 89.5 Å². The molecule has 4 aliphatic rings. The zero-order valence-electron chi connectivity index (χ0n) is 20.0. The molecule has 2 atom stereocenters. The fourth-order valence-electron chi connectivity index (χ4n) is 6.70. The number of hydrogen-bond acceptors (Lipinski definition) is 2. The highest BCUT2D eigenvalue weighted by atomic mass is 16.3. The average molecular weight is 410 g/mol. The van der Waals surface area contributed by atoms with E-state index in [1.165, 1.54) is 103 Å². The molecule has 172 valence electrons. The number of aliphatic hydroxyl groups is 1. The Morgan fingerprint density at radius 2 is 1.31 bits per heavy atom. The summed E-state index contributed by atoms with van der Waals surface area (Å²) < 4.78 is 0. The van der Waals surface area contributed by atoms with Gasteiger partial charge in [0, 0.05) is 12.1 Å². The monoisotopic (exact) mass is 409 g/mol. The van der Waals surface area contributed by atoms with Crippen LogP contribution in [-0.4, -0.2) is 40.2 Å². The number of unbranched alkanes of at least 4 members (excludes halogenated alkanes) is 1. The van der Waals surface area contributed by atoms with Gasteiger partial charge in [0.25, 0.3) is 0 Å². The minimum Gasteiger partial charge on any atom is -0.412 e. The Hall–Kier alpha value is -0.120. The molecule has 3 N–H and O–H groups in total. The lowest BCUT2D eigenvalue weighted by Gasteiger charge is -2.42. The molecule has 0 aromatic rings. The fourth-order valence-corrected chi connectivity index (χ4v) is 6.70. The maximum Gasteiger partial charge on any atom is 0.0647 e. The second kappa shape index (κ2) is 11.0. The summed E-state index contributed by atoms with van der Waals surface area (Å²) in [5.74, 6) is 1.94. The largest absolute Gasteiger partial charge is 0.412 e. The third kappa shape index (κ3) is 6.43. The van der Waals surface area contributed by atoms with E-state index in [9.17, 15) is 5.11 Å². The maximum atomic E-state index is 10.3. The summed E-state index contributed by atoms with van der Waals surface area (Å²) in [7, 11) is 2.38. The number of hydrogen-bond donors (Lipinski definition) is 1. The first kappa shape index (κ1) is 25.1. The third-order valence-electron chi connectivity index (χ3n) is 8.98. The van der Waals surface area contributed by atoms with E-state index in [1.54, 1.807) is 0 Å². The van der Waals surface area contributed by atoms with Crippen molar-refractivity contribution in [2.45, 2.75) is 141 Å². The molecule has 0 aromatic carbocycles. The molecule has 0 saturated heterocycles. The van der Waals surface area contributed by atoms with Gasteiger partial charge in [-0.25, -0.2) is 0 Å². The highest BCUT2D eigenvalue weighted by Gasteiger charge is 2.58. The summed E-state index contributed by atoms with van der Waals surface area (Å²) in [6.45, 7) is 6.29. The summed E-state index contributed by atoms with van der Waals surface area (Å²) in [4.78, 5) is 2.72. The number of rotatable bonds is 6. The third-order valence-corrected chi connectivity index (χ3v) is 8.98. The molecule has 0 amide bonds. The van der Waals surface area contributed by atoms with Crippen molar-refractivity contribution in [3.05, 3.63) is 0 Å². The van der Waals surface area contributed by atoms with Crippen molar-refractivity contribution >= 4 is 0 Å². The Bertz CT molecular complexity index is 432. The van der Waals surface area contributed by atoms with Crippen molar-refractivity contribution in [3.63, 3.8) is 0 Å². The first-order chi connectivity index (χ1) is 13.4. The summed E-state index contributed by atoms with van der Waals surface area (Å²) in [5, 5.41) is 10.3. The van der Waals surface area contributed by atoms with Crippen molar-refractivity contribution in [1.29, 1.82) is 0 Å². The molecule has 29 heavy (non-hydrogen) atoms. The van der Waals surface area contributed by atoms with Crippen LogP contribution in [0.3, 0.4) is 0 Å². The molecule has 3 nitrogen and oxygen atoms in total. The van der Waals surface area contributed by atoms with Crippen LogP contribution in [0.5, 0.6) is 0 Å². The van der Waals surface area contributed by atoms with E-state index in [-0.39, 0.29) is 10.9 Å². The average Bonchev–Trinajstić information content (AvgIpc) is 3.33. The minimum absolute atomic E-state index is 0. The van der Waals surface area contributed by atoms with Crippen LogP contribution in [0.2, 0.25) is 0 Å². The quantitative estimate of drug-likeness (QED) is 0.574. The van der Waals surface area contributed by atoms with Crippen LogP contribution in [0.15, 0.2) is 0 Å². The van der Waals surface area contributed by atoms with Crippen molar-refractivity contribution in [2.75, 3.05) is 7.05 Å². The van der Waals surface area contributed by atoms with E-state index >= 15 is 0 Å². The lowest BCUT2D eigenvalue weighted by Crippen LogP contribution is -2.42. The van der Waals surface area contributed by atoms with Gasteiger partial charge in [0.2, 0.25) is 0 Å². The van der Waals surface area contributed by atoms with E-state index in [0.717, 1.165) is 23.9 Å². The van der Waals surface area contributed by atoms with Crippen molar-refractivity contribution in [1.82, 2.24) is 4.90 Å². The second-order valence-corrected chi connectivity index (χ2v) is 11.4. The molecular formula is C26H51NO2. The van der Waals surface area contributed by atoms with Crippen LogP contribution < -0.4 is 0 Å². The van der Waals surface area contributed by atoms with Crippen LogP contribution in [0.1, 0.15) is 124 Å². The summed E-state index contributed by atoms with van der Waals surface area (Å²) in [5.41, 5.74) is -0.202. The summed E-state index contributed by atoms with van der Waals surface area (Å²) >= 11 is 0. The maximum absolute atomic E-state index is 10.3. The Balaban J connectivity index is 0.000000200. The minimum atomic E-state index is -0.463. The van der Waals surface area contributed by atoms with Crippen LogP contribution in [0.25, 0.3) is 0 Å². The molecule has 0 aliphatic heterocycles. The SMILES string of the molecule is CCCCC1(C(C)(C)O)CC2CC2C1.CN(C1CCCCC1)C1CCCCC1.O.